The highest BCUT2D eigenvalue weighted by Crippen LogP contribution is 2.44. The lowest BCUT2D eigenvalue weighted by Gasteiger charge is -2.34. The van der Waals surface area contributed by atoms with Gasteiger partial charge in [-0.3, -0.25) is 4.90 Å². The summed E-state index contributed by atoms with van der Waals surface area (Å²) in [6, 6.07) is 8.16. The number of hydrogen-bond donors (Lipinski definition) is 1. The normalized spacial score (nSPS) is 20.1. The molecule has 6 nitrogen and oxygen atoms in total. The Hall–Kier alpha value is -2.47. The molecule has 142 valence electrons. The molecule has 0 saturated carbocycles. The van der Waals surface area contributed by atoms with Gasteiger partial charge in [0.05, 0.1) is 11.4 Å². The van der Waals surface area contributed by atoms with E-state index in [-0.39, 0.29) is 0 Å². The Morgan fingerprint density at radius 1 is 1.11 bits per heavy atom. The van der Waals surface area contributed by atoms with Crippen LogP contribution < -0.4 is 5.73 Å². The van der Waals surface area contributed by atoms with Gasteiger partial charge in [0.2, 0.25) is 0 Å². The van der Waals surface area contributed by atoms with E-state index < -0.39 is 5.41 Å². The van der Waals surface area contributed by atoms with Crippen LogP contribution in [-0.4, -0.2) is 46.8 Å². The summed E-state index contributed by atoms with van der Waals surface area (Å²) in [4.78, 5) is 17.0. The number of nitrogens with zero attached hydrogens (tertiary/aromatic N) is 4. The molecule has 1 aliphatic heterocycles. The first kappa shape index (κ1) is 17.9. The largest absolute Gasteiger partial charge is 0.394 e. The van der Waals surface area contributed by atoms with Gasteiger partial charge < -0.3 is 10.6 Å². The fourth-order valence-corrected chi connectivity index (χ4v) is 4.20. The SMILES string of the molecule is CC1(C)C(=NOCCN2CCCCC2)c2ccccc2-c2ncnc(N)c21. The van der Waals surface area contributed by atoms with Crippen LogP contribution in [-0.2, 0) is 10.3 Å². The van der Waals surface area contributed by atoms with Crippen LogP contribution in [0.15, 0.2) is 35.7 Å². The Morgan fingerprint density at radius 3 is 2.63 bits per heavy atom. The van der Waals surface area contributed by atoms with Gasteiger partial charge in [-0.2, -0.15) is 0 Å². The maximum absolute atomic E-state index is 6.24. The lowest BCUT2D eigenvalue weighted by atomic mass is 9.70. The predicted molar refractivity (Wildman–Crippen MR) is 108 cm³/mol. The first-order valence-corrected chi connectivity index (χ1v) is 9.72. The predicted octanol–water partition coefficient (Wildman–Crippen LogP) is 3.22. The summed E-state index contributed by atoms with van der Waals surface area (Å²) in [5, 5.41) is 4.58. The third kappa shape index (κ3) is 3.30. The van der Waals surface area contributed by atoms with Crippen molar-refractivity contribution >= 4 is 11.5 Å². The van der Waals surface area contributed by atoms with Crippen molar-refractivity contribution in [3.8, 4) is 11.3 Å². The van der Waals surface area contributed by atoms with E-state index in [0.717, 1.165) is 47.7 Å². The second-order valence-electron chi connectivity index (χ2n) is 7.83. The molecule has 0 unspecified atom stereocenters. The molecule has 0 amide bonds. The van der Waals surface area contributed by atoms with Crippen molar-refractivity contribution in [1.29, 1.82) is 0 Å². The van der Waals surface area contributed by atoms with Gasteiger partial charge >= 0.3 is 0 Å². The Bertz CT molecular complexity index is 855. The van der Waals surface area contributed by atoms with Gasteiger partial charge in [0, 0.05) is 28.7 Å². The molecule has 0 atom stereocenters. The molecule has 2 N–H and O–H groups in total. The van der Waals surface area contributed by atoms with E-state index in [1.54, 1.807) is 0 Å². The van der Waals surface area contributed by atoms with Crippen LogP contribution in [0.3, 0.4) is 0 Å². The minimum atomic E-state index is -0.430. The molecule has 1 saturated heterocycles. The summed E-state index contributed by atoms with van der Waals surface area (Å²) >= 11 is 0. The minimum absolute atomic E-state index is 0.430. The summed E-state index contributed by atoms with van der Waals surface area (Å²) < 4.78 is 0. The monoisotopic (exact) mass is 365 g/mol. The zero-order valence-corrected chi connectivity index (χ0v) is 16.1. The lowest BCUT2D eigenvalue weighted by Crippen LogP contribution is -2.36. The average molecular weight is 365 g/mol. The Labute approximate surface area is 160 Å². The van der Waals surface area contributed by atoms with Crippen LogP contribution in [0.5, 0.6) is 0 Å². The third-order valence-corrected chi connectivity index (χ3v) is 5.63. The molecule has 2 aromatic rings. The van der Waals surface area contributed by atoms with Crippen molar-refractivity contribution in [3.05, 3.63) is 41.7 Å². The summed E-state index contributed by atoms with van der Waals surface area (Å²) in [6.07, 6.45) is 5.43. The van der Waals surface area contributed by atoms with Gasteiger partial charge in [-0.25, -0.2) is 9.97 Å². The first-order chi connectivity index (χ1) is 13.1. The highest BCUT2D eigenvalue weighted by Gasteiger charge is 2.40. The molecular formula is C21H27N5O. The van der Waals surface area contributed by atoms with Crippen LogP contribution in [0, 0.1) is 0 Å². The fourth-order valence-electron chi connectivity index (χ4n) is 4.20. The van der Waals surface area contributed by atoms with Crippen LogP contribution >= 0.6 is 0 Å². The highest BCUT2D eigenvalue weighted by atomic mass is 16.6. The molecule has 1 aromatic heterocycles. The van der Waals surface area contributed by atoms with Gasteiger partial charge in [0.1, 0.15) is 18.8 Å². The van der Waals surface area contributed by atoms with Crippen LogP contribution in [0.4, 0.5) is 5.82 Å². The number of anilines is 1. The summed E-state index contributed by atoms with van der Waals surface area (Å²) in [6.45, 7) is 8.05. The summed E-state index contributed by atoms with van der Waals surface area (Å²) in [5.41, 5.74) is 10.6. The number of hydrogen-bond acceptors (Lipinski definition) is 6. The number of fused-ring (bicyclic) bond motifs is 3. The number of likely N-dealkylation sites (tertiary alicyclic amines) is 1. The minimum Gasteiger partial charge on any atom is -0.394 e. The van der Waals surface area contributed by atoms with E-state index >= 15 is 0 Å². The first-order valence-electron chi connectivity index (χ1n) is 9.72. The number of nitrogen functional groups attached to an aromatic ring is 1. The number of piperidine rings is 1. The van der Waals surface area contributed by atoms with Gasteiger partial charge in [-0.1, -0.05) is 35.8 Å². The zero-order chi connectivity index (χ0) is 18.9. The van der Waals surface area contributed by atoms with Crippen LogP contribution in [0.1, 0.15) is 44.2 Å². The van der Waals surface area contributed by atoms with Crippen molar-refractivity contribution in [2.75, 3.05) is 32.0 Å². The van der Waals surface area contributed by atoms with Crippen molar-refractivity contribution in [1.82, 2.24) is 14.9 Å². The van der Waals surface area contributed by atoms with Crippen molar-refractivity contribution in [2.24, 2.45) is 5.16 Å². The second-order valence-corrected chi connectivity index (χ2v) is 7.83. The smallest absolute Gasteiger partial charge is 0.131 e. The average Bonchev–Trinajstić information content (AvgIpc) is 2.68. The molecule has 4 rings (SSSR count). The molecule has 6 heteroatoms. The number of oxime groups is 1. The summed E-state index contributed by atoms with van der Waals surface area (Å²) in [5.74, 6) is 0.500. The standard InChI is InChI=1S/C21H27N5O/c1-21(2)17-18(23-14-24-20(17)22)15-8-4-5-9-16(15)19(21)25-27-13-12-26-10-6-3-7-11-26/h4-5,8-9,14H,3,6-7,10-13H2,1-2H3,(H2,22,23,24). The zero-order valence-electron chi connectivity index (χ0n) is 16.1. The van der Waals surface area contributed by atoms with Crippen molar-refractivity contribution < 1.29 is 4.84 Å². The van der Waals surface area contributed by atoms with Crippen LogP contribution in [0.2, 0.25) is 0 Å². The van der Waals surface area contributed by atoms with E-state index in [9.17, 15) is 0 Å². The van der Waals surface area contributed by atoms with E-state index in [1.165, 1.54) is 25.6 Å². The van der Waals surface area contributed by atoms with Gasteiger partial charge in [-0.05, 0) is 39.8 Å². The van der Waals surface area contributed by atoms with E-state index in [2.05, 4.69) is 46.0 Å². The molecule has 27 heavy (non-hydrogen) atoms. The maximum Gasteiger partial charge on any atom is 0.131 e. The molecule has 0 spiro atoms. The van der Waals surface area contributed by atoms with Gasteiger partial charge in [-0.15, -0.1) is 0 Å². The Balaban J connectivity index is 1.63. The van der Waals surface area contributed by atoms with E-state index in [0.29, 0.717) is 12.4 Å². The van der Waals surface area contributed by atoms with E-state index in [4.69, 9.17) is 10.6 Å². The Kier molecular flexibility index (Phi) is 4.83. The van der Waals surface area contributed by atoms with Gasteiger partial charge in [0.25, 0.3) is 0 Å². The van der Waals surface area contributed by atoms with E-state index in [1.807, 2.05) is 12.1 Å². The molecular weight excluding hydrogens is 338 g/mol. The molecule has 0 bridgehead atoms. The van der Waals surface area contributed by atoms with Gasteiger partial charge in [0.15, 0.2) is 0 Å². The van der Waals surface area contributed by atoms with Crippen molar-refractivity contribution in [2.45, 2.75) is 38.5 Å². The molecule has 2 aliphatic rings. The lowest BCUT2D eigenvalue weighted by molar-refractivity contribution is 0.101. The Morgan fingerprint density at radius 2 is 1.85 bits per heavy atom. The molecule has 1 aromatic carbocycles. The number of aromatic nitrogens is 2. The molecule has 2 heterocycles. The second kappa shape index (κ2) is 7.27. The fraction of sp³-hybridized carbons (Fsp3) is 0.476. The molecule has 1 aliphatic carbocycles. The number of benzene rings is 1. The highest BCUT2D eigenvalue weighted by molar-refractivity contribution is 6.15. The quantitative estimate of drug-likeness (QED) is 0.665. The molecule has 0 radical (unpaired) electrons. The topological polar surface area (TPSA) is 76.6 Å². The number of nitrogens with two attached hydrogens (primary N) is 1. The summed E-state index contributed by atoms with van der Waals surface area (Å²) in [7, 11) is 0. The third-order valence-electron chi connectivity index (χ3n) is 5.63. The maximum atomic E-state index is 6.24. The number of rotatable bonds is 4. The van der Waals surface area contributed by atoms with Crippen LogP contribution in [0.25, 0.3) is 11.3 Å². The molecule has 1 fully saturated rings. The van der Waals surface area contributed by atoms with Crippen molar-refractivity contribution in [3.63, 3.8) is 0 Å².